The lowest BCUT2D eigenvalue weighted by Crippen LogP contribution is -2.54. The molecule has 0 bridgehead atoms. The SMILES string of the molecule is CCC=C(C)NO[Si](CC)(ONC(C)=CCC)ONC(C)=CCC. The molecular weight excluding hydrogens is 322 g/mol. The highest BCUT2D eigenvalue weighted by Crippen LogP contribution is 2.14. The Morgan fingerprint density at radius 1 is 0.667 bits per heavy atom. The zero-order chi connectivity index (χ0) is 18.4. The summed E-state index contributed by atoms with van der Waals surface area (Å²) < 4.78 is 17.5. The van der Waals surface area contributed by atoms with Gasteiger partial charge in [0.25, 0.3) is 0 Å². The van der Waals surface area contributed by atoms with Crippen molar-refractivity contribution in [2.75, 3.05) is 0 Å². The molecule has 0 saturated heterocycles. The Hall–Kier alpha value is -1.28. The maximum atomic E-state index is 5.85. The number of rotatable bonds is 13. The molecule has 0 fully saturated rings. The number of hydrogen-bond acceptors (Lipinski definition) is 6. The van der Waals surface area contributed by atoms with Gasteiger partial charge < -0.3 is 0 Å². The van der Waals surface area contributed by atoms with Gasteiger partial charge in [0.2, 0.25) is 0 Å². The molecule has 3 N–H and O–H groups in total. The summed E-state index contributed by atoms with van der Waals surface area (Å²) in [6.45, 7) is 14.0. The molecule has 6 nitrogen and oxygen atoms in total. The van der Waals surface area contributed by atoms with Crippen LogP contribution in [0.25, 0.3) is 0 Å². The summed E-state index contributed by atoms with van der Waals surface area (Å²) in [6, 6.07) is 0.595. The highest BCUT2D eigenvalue weighted by atomic mass is 28.4. The summed E-state index contributed by atoms with van der Waals surface area (Å²) in [5.41, 5.74) is 11.6. The van der Waals surface area contributed by atoms with Crippen molar-refractivity contribution >= 4 is 8.80 Å². The minimum atomic E-state index is -3.00. The maximum absolute atomic E-state index is 5.85. The Bertz CT molecular complexity index is 377. The van der Waals surface area contributed by atoms with Crippen molar-refractivity contribution in [1.29, 1.82) is 0 Å². The quantitative estimate of drug-likeness (QED) is 0.334. The molecule has 140 valence electrons. The molecule has 0 spiro atoms. The van der Waals surface area contributed by atoms with E-state index in [1.54, 1.807) is 0 Å². The van der Waals surface area contributed by atoms with Crippen LogP contribution in [0.15, 0.2) is 35.3 Å². The van der Waals surface area contributed by atoms with Gasteiger partial charge in [-0.25, -0.2) is 0 Å². The van der Waals surface area contributed by atoms with Crippen molar-refractivity contribution in [2.24, 2.45) is 0 Å². The number of nitrogens with one attached hydrogen (secondary N) is 3. The standard InChI is InChI=1S/C17H35N3O3Si/c1-8-12-15(5)18-21-24(11-4,22-19-16(6)13-9-2)23-20-17(7)14-10-3/h12-14,18-20H,8-11H2,1-7H3. The summed E-state index contributed by atoms with van der Waals surface area (Å²) in [4.78, 5) is 0. The summed E-state index contributed by atoms with van der Waals surface area (Å²) in [6.07, 6.45) is 8.91. The van der Waals surface area contributed by atoms with Crippen LogP contribution in [0, 0.1) is 0 Å². The molecule has 0 aromatic carbocycles. The van der Waals surface area contributed by atoms with Crippen molar-refractivity contribution < 1.29 is 13.6 Å². The summed E-state index contributed by atoms with van der Waals surface area (Å²) in [5, 5.41) is 0. The number of hydroxylamine groups is 3. The molecule has 0 aromatic rings. The molecule has 0 radical (unpaired) electrons. The minimum Gasteiger partial charge on any atom is -0.278 e. The first kappa shape index (κ1) is 22.7. The van der Waals surface area contributed by atoms with Crippen LogP contribution in [0.3, 0.4) is 0 Å². The van der Waals surface area contributed by atoms with Crippen molar-refractivity contribution in [1.82, 2.24) is 16.4 Å². The van der Waals surface area contributed by atoms with E-state index in [0.717, 1.165) is 36.4 Å². The third-order valence-corrected chi connectivity index (χ3v) is 5.17. The van der Waals surface area contributed by atoms with Crippen molar-refractivity contribution in [3.05, 3.63) is 35.3 Å². The predicted octanol–water partition coefficient (Wildman–Crippen LogP) is 4.45. The van der Waals surface area contributed by atoms with Gasteiger partial charge in [0.1, 0.15) is 0 Å². The van der Waals surface area contributed by atoms with Gasteiger partial charge in [-0.3, -0.25) is 30.0 Å². The molecule has 0 rings (SSSR count). The van der Waals surface area contributed by atoms with E-state index in [4.69, 9.17) is 13.6 Å². The minimum absolute atomic E-state index is 0.595. The lowest BCUT2D eigenvalue weighted by molar-refractivity contribution is -0.0156. The summed E-state index contributed by atoms with van der Waals surface area (Å²) in [7, 11) is -3.00. The molecule has 0 unspecified atom stereocenters. The van der Waals surface area contributed by atoms with E-state index in [0.29, 0.717) is 6.04 Å². The molecule has 24 heavy (non-hydrogen) atoms. The normalized spacial score (nSPS) is 15.9. The molecular formula is C17H35N3O3Si. The average Bonchev–Trinajstić information content (AvgIpc) is 2.55. The van der Waals surface area contributed by atoms with E-state index in [1.807, 2.05) is 45.9 Å². The van der Waals surface area contributed by atoms with E-state index in [1.165, 1.54) is 0 Å². The third-order valence-electron chi connectivity index (χ3n) is 3.07. The Morgan fingerprint density at radius 2 is 0.958 bits per heavy atom. The average molecular weight is 358 g/mol. The van der Waals surface area contributed by atoms with Crippen LogP contribution in [0.2, 0.25) is 6.04 Å². The van der Waals surface area contributed by atoms with E-state index >= 15 is 0 Å². The van der Waals surface area contributed by atoms with Gasteiger partial charge in [0, 0.05) is 23.1 Å². The first-order valence-corrected chi connectivity index (χ1v) is 10.7. The number of hydrogen-bond donors (Lipinski definition) is 3. The van der Waals surface area contributed by atoms with Crippen LogP contribution in [-0.2, 0) is 13.6 Å². The third kappa shape index (κ3) is 9.77. The Morgan fingerprint density at radius 3 is 1.17 bits per heavy atom. The maximum Gasteiger partial charge on any atom is 0.566 e. The van der Waals surface area contributed by atoms with E-state index < -0.39 is 8.80 Å². The molecule has 0 aliphatic heterocycles. The first-order chi connectivity index (χ1) is 11.4. The molecule has 0 heterocycles. The van der Waals surface area contributed by atoms with Crippen molar-refractivity contribution in [3.63, 3.8) is 0 Å². The highest BCUT2D eigenvalue weighted by Gasteiger charge is 2.43. The van der Waals surface area contributed by atoms with Crippen LogP contribution in [-0.4, -0.2) is 8.80 Å². The lowest BCUT2D eigenvalue weighted by atomic mass is 10.4. The van der Waals surface area contributed by atoms with Gasteiger partial charge in [0.05, 0.1) is 0 Å². The lowest BCUT2D eigenvalue weighted by Gasteiger charge is -2.28. The molecule has 0 aliphatic rings. The smallest absolute Gasteiger partial charge is 0.278 e. The molecule has 7 heteroatoms. The van der Waals surface area contributed by atoms with Crippen LogP contribution >= 0.6 is 0 Å². The molecule has 0 atom stereocenters. The Kier molecular flexibility index (Phi) is 12.4. The summed E-state index contributed by atoms with van der Waals surface area (Å²) in [5.74, 6) is 0. The van der Waals surface area contributed by atoms with Gasteiger partial charge >= 0.3 is 8.80 Å². The topological polar surface area (TPSA) is 63.8 Å². The fourth-order valence-corrected chi connectivity index (χ4v) is 3.30. The summed E-state index contributed by atoms with van der Waals surface area (Å²) >= 11 is 0. The van der Waals surface area contributed by atoms with E-state index in [9.17, 15) is 0 Å². The van der Waals surface area contributed by atoms with Crippen LogP contribution in [0.1, 0.15) is 67.7 Å². The molecule has 0 aliphatic carbocycles. The van der Waals surface area contributed by atoms with Gasteiger partial charge in [-0.1, -0.05) is 45.9 Å². The van der Waals surface area contributed by atoms with Crippen molar-refractivity contribution in [2.45, 2.75) is 73.8 Å². The van der Waals surface area contributed by atoms with E-state index in [2.05, 4.69) is 37.2 Å². The molecule has 0 saturated carbocycles. The predicted molar refractivity (Wildman–Crippen MR) is 101 cm³/mol. The molecule has 0 amide bonds. The van der Waals surface area contributed by atoms with Crippen LogP contribution in [0.5, 0.6) is 0 Å². The van der Waals surface area contributed by atoms with Crippen LogP contribution < -0.4 is 16.4 Å². The number of allylic oxidation sites excluding steroid dienone is 6. The Labute approximate surface area is 148 Å². The van der Waals surface area contributed by atoms with Crippen molar-refractivity contribution in [3.8, 4) is 0 Å². The van der Waals surface area contributed by atoms with Gasteiger partial charge in [-0.2, -0.15) is 0 Å². The largest absolute Gasteiger partial charge is 0.566 e. The monoisotopic (exact) mass is 357 g/mol. The fraction of sp³-hybridized carbons (Fsp3) is 0.647. The molecule has 0 aromatic heterocycles. The zero-order valence-electron chi connectivity index (χ0n) is 16.3. The van der Waals surface area contributed by atoms with Gasteiger partial charge in [0.15, 0.2) is 0 Å². The first-order valence-electron chi connectivity index (χ1n) is 8.75. The second kappa shape index (κ2) is 13.1. The Balaban J connectivity index is 5.01. The van der Waals surface area contributed by atoms with Gasteiger partial charge in [-0.15, -0.1) is 0 Å². The van der Waals surface area contributed by atoms with Crippen LogP contribution in [0.4, 0.5) is 0 Å². The second-order valence-corrected chi connectivity index (χ2v) is 8.22. The zero-order valence-corrected chi connectivity index (χ0v) is 17.3. The van der Waals surface area contributed by atoms with E-state index in [-0.39, 0.29) is 0 Å². The fourth-order valence-electron chi connectivity index (χ4n) is 1.80. The van der Waals surface area contributed by atoms with Gasteiger partial charge in [-0.05, 0) is 40.0 Å². The second-order valence-electron chi connectivity index (χ2n) is 5.54. The highest BCUT2D eigenvalue weighted by molar-refractivity contribution is 6.60.